The number of carbonyl (C=O) groups is 3. The Kier molecular flexibility index (Phi) is 6.77. The molecule has 0 spiro atoms. The van der Waals surface area contributed by atoms with Crippen LogP contribution in [0.5, 0.6) is 0 Å². The Bertz CT molecular complexity index is 489. The van der Waals surface area contributed by atoms with Crippen molar-refractivity contribution in [3.8, 4) is 0 Å². The van der Waals surface area contributed by atoms with E-state index in [1.807, 2.05) is 20.8 Å². The minimum Gasteiger partial charge on any atom is -0.479 e. The predicted molar refractivity (Wildman–Crippen MR) is 89.5 cm³/mol. The number of hydrogen-bond acceptors (Lipinski definition) is 4. The molecule has 1 aliphatic carbocycles. The average molecular weight is 342 g/mol. The lowest BCUT2D eigenvalue weighted by Crippen LogP contribution is -2.76. The molecule has 138 valence electrons. The van der Waals surface area contributed by atoms with Crippen molar-refractivity contribution < 1.29 is 24.2 Å². The molecule has 2 unspecified atom stereocenters. The van der Waals surface area contributed by atoms with Gasteiger partial charge >= 0.3 is 5.97 Å². The Morgan fingerprint density at radius 3 is 2.25 bits per heavy atom. The third-order valence-electron chi connectivity index (χ3n) is 4.74. The van der Waals surface area contributed by atoms with Crippen LogP contribution in [-0.4, -0.2) is 47.2 Å². The number of ether oxygens (including phenoxy) is 1. The zero-order valence-electron chi connectivity index (χ0n) is 15.3. The van der Waals surface area contributed by atoms with Gasteiger partial charge in [-0.15, -0.1) is 0 Å². The maximum Gasteiger partial charge on any atom is 0.330 e. The lowest BCUT2D eigenvalue weighted by atomic mass is 9.54. The second-order valence-corrected chi connectivity index (χ2v) is 7.20. The first-order chi connectivity index (χ1) is 11.1. The summed E-state index contributed by atoms with van der Waals surface area (Å²) in [6.07, 6.45) is 0.806. The monoisotopic (exact) mass is 342 g/mol. The van der Waals surface area contributed by atoms with Gasteiger partial charge in [-0.3, -0.25) is 9.59 Å². The van der Waals surface area contributed by atoms with Gasteiger partial charge in [0.1, 0.15) is 5.54 Å². The van der Waals surface area contributed by atoms with E-state index in [0.29, 0.717) is 13.0 Å². The molecule has 0 radical (unpaired) electrons. The van der Waals surface area contributed by atoms with E-state index < -0.39 is 16.9 Å². The Morgan fingerprint density at radius 2 is 1.79 bits per heavy atom. The molecule has 0 heterocycles. The SMILES string of the molecule is CCOC1CC(NC(=O)CCCC(=O)NC(C)C)(C(=O)O)C1(C)C. The van der Waals surface area contributed by atoms with E-state index in [0.717, 1.165) is 0 Å². The molecule has 1 fully saturated rings. The molecule has 2 atom stereocenters. The fourth-order valence-electron chi connectivity index (χ4n) is 3.14. The Labute approximate surface area is 143 Å². The van der Waals surface area contributed by atoms with Gasteiger partial charge in [-0.2, -0.15) is 0 Å². The van der Waals surface area contributed by atoms with Crippen molar-refractivity contribution in [3.63, 3.8) is 0 Å². The van der Waals surface area contributed by atoms with E-state index in [2.05, 4.69) is 10.6 Å². The van der Waals surface area contributed by atoms with Crippen LogP contribution in [0.15, 0.2) is 0 Å². The number of carboxylic acid groups (broad SMARTS) is 1. The summed E-state index contributed by atoms with van der Waals surface area (Å²) in [7, 11) is 0. The molecule has 1 aliphatic rings. The number of carbonyl (C=O) groups excluding carboxylic acids is 2. The third-order valence-corrected chi connectivity index (χ3v) is 4.74. The highest BCUT2D eigenvalue weighted by Crippen LogP contribution is 2.51. The van der Waals surface area contributed by atoms with Gasteiger partial charge in [0.2, 0.25) is 11.8 Å². The van der Waals surface area contributed by atoms with Gasteiger partial charge in [0, 0.05) is 37.3 Å². The fraction of sp³-hybridized carbons (Fsp3) is 0.824. The number of nitrogens with one attached hydrogen (secondary N) is 2. The van der Waals surface area contributed by atoms with Gasteiger partial charge in [0.15, 0.2) is 0 Å². The highest BCUT2D eigenvalue weighted by Gasteiger charge is 2.66. The van der Waals surface area contributed by atoms with E-state index in [9.17, 15) is 19.5 Å². The fourth-order valence-corrected chi connectivity index (χ4v) is 3.14. The van der Waals surface area contributed by atoms with Crippen molar-refractivity contribution >= 4 is 17.8 Å². The first-order valence-electron chi connectivity index (χ1n) is 8.52. The molecule has 0 bridgehead atoms. The van der Waals surface area contributed by atoms with Crippen LogP contribution in [0.1, 0.15) is 60.3 Å². The lowest BCUT2D eigenvalue weighted by molar-refractivity contribution is -0.194. The third kappa shape index (κ3) is 4.26. The number of hydrogen-bond donors (Lipinski definition) is 3. The number of amides is 2. The van der Waals surface area contributed by atoms with Crippen molar-refractivity contribution in [1.82, 2.24) is 10.6 Å². The van der Waals surface area contributed by atoms with Crippen molar-refractivity contribution in [2.45, 2.75) is 78.0 Å². The summed E-state index contributed by atoms with van der Waals surface area (Å²) in [5, 5.41) is 15.1. The molecule has 0 aromatic rings. The van der Waals surface area contributed by atoms with Gasteiger partial charge < -0.3 is 20.5 Å². The van der Waals surface area contributed by atoms with Crippen LogP contribution in [0.3, 0.4) is 0 Å². The van der Waals surface area contributed by atoms with E-state index in [1.54, 1.807) is 13.8 Å². The summed E-state index contributed by atoms with van der Waals surface area (Å²) in [4.78, 5) is 35.5. The molecule has 1 saturated carbocycles. The van der Waals surface area contributed by atoms with Gasteiger partial charge in [-0.05, 0) is 27.2 Å². The molecule has 7 nitrogen and oxygen atoms in total. The molecule has 2 amide bonds. The molecule has 0 aromatic heterocycles. The number of rotatable bonds is 9. The zero-order valence-corrected chi connectivity index (χ0v) is 15.3. The zero-order chi connectivity index (χ0) is 18.5. The van der Waals surface area contributed by atoms with Crippen LogP contribution in [0, 0.1) is 5.41 Å². The average Bonchev–Trinajstić information content (AvgIpc) is 2.44. The van der Waals surface area contributed by atoms with Crippen LogP contribution in [0.25, 0.3) is 0 Å². The Balaban J connectivity index is 2.57. The minimum absolute atomic E-state index is 0.0629. The van der Waals surface area contributed by atoms with Crippen molar-refractivity contribution in [2.24, 2.45) is 5.41 Å². The lowest BCUT2D eigenvalue weighted by Gasteiger charge is -2.58. The standard InChI is InChI=1S/C17H30N2O5/c1-6-24-12-10-17(15(22)23,16(12,4)5)19-14(21)9-7-8-13(20)18-11(2)3/h11-12H,6-10H2,1-5H3,(H,18,20)(H,19,21)(H,22,23). The first-order valence-corrected chi connectivity index (χ1v) is 8.52. The van der Waals surface area contributed by atoms with Crippen LogP contribution in [0.2, 0.25) is 0 Å². The van der Waals surface area contributed by atoms with E-state index in [-0.39, 0.29) is 43.2 Å². The molecule has 0 aromatic carbocycles. The minimum atomic E-state index is -1.32. The van der Waals surface area contributed by atoms with Crippen LogP contribution in [-0.2, 0) is 19.1 Å². The van der Waals surface area contributed by atoms with E-state index in [1.165, 1.54) is 0 Å². The Hall–Kier alpha value is -1.63. The quantitative estimate of drug-likeness (QED) is 0.588. The molecule has 0 saturated heterocycles. The maximum absolute atomic E-state index is 12.2. The summed E-state index contributed by atoms with van der Waals surface area (Å²) >= 11 is 0. The normalized spacial score (nSPS) is 25.0. The molecule has 24 heavy (non-hydrogen) atoms. The second-order valence-electron chi connectivity index (χ2n) is 7.20. The van der Waals surface area contributed by atoms with E-state index >= 15 is 0 Å². The van der Waals surface area contributed by atoms with Gasteiger partial charge in [-0.1, -0.05) is 13.8 Å². The first kappa shape index (κ1) is 20.4. The summed E-state index contributed by atoms with van der Waals surface area (Å²) in [5.74, 6) is -1.50. The van der Waals surface area contributed by atoms with Crippen LogP contribution in [0.4, 0.5) is 0 Å². The van der Waals surface area contributed by atoms with Crippen molar-refractivity contribution in [2.75, 3.05) is 6.61 Å². The van der Waals surface area contributed by atoms with Gasteiger partial charge in [-0.25, -0.2) is 4.79 Å². The van der Waals surface area contributed by atoms with E-state index in [4.69, 9.17) is 4.74 Å². The highest BCUT2D eigenvalue weighted by atomic mass is 16.5. The topological polar surface area (TPSA) is 105 Å². The Morgan fingerprint density at radius 1 is 1.21 bits per heavy atom. The van der Waals surface area contributed by atoms with Crippen LogP contribution >= 0.6 is 0 Å². The summed E-state index contributed by atoms with van der Waals surface area (Å²) in [6, 6.07) is 0.0629. The highest BCUT2D eigenvalue weighted by molar-refractivity contribution is 5.89. The van der Waals surface area contributed by atoms with Gasteiger partial charge in [0.05, 0.1) is 6.10 Å². The predicted octanol–water partition coefficient (Wildman–Crippen LogP) is 1.46. The maximum atomic E-state index is 12.2. The molecule has 3 N–H and O–H groups in total. The van der Waals surface area contributed by atoms with Crippen molar-refractivity contribution in [3.05, 3.63) is 0 Å². The summed E-state index contributed by atoms with van der Waals surface area (Å²) in [5.41, 5.74) is -2.01. The smallest absolute Gasteiger partial charge is 0.330 e. The molecule has 7 heteroatoms. The number of aliphatic carboxylic acids is 1. The van der Waals surface area contributed by atoms with Crippen LogP contribution < -0.4 is 10.6 Å². The molecular formula is C17H30N2O5. The summed E-state index contributed by atoms with van der Waals surface area (Å²) in [6.45, 7) is 9.69. The summed E-state index contributed by atoms with van der Waals surface area (Å²) < 4.78 is 5.56. The second kappa shape index (κ2) is 7.96. The molecule has 1 rings (SSSR count). The number of carboxylic acids is 1. The molecule has 0 aliphatic heterocycles. The molecular weight excluding hydrogens is 312 g/mol. The largest absolute Gasteiger partial charge is 0.479 e. The van der Waals surface area contributed by atoms with Gasteiger partial charge in [0.25, 0.3) is 0 Å². The van der Waals surface area contributed by atoms with Crippen molar-refractivity contribution in [1.29, 1.82) is 0 Å².